The lowest BCUT2D eigenvalue weighted by atomic mass is 9.73. The third kappa shape index (κ3) is 4.57. The maximum Gasteiger partial charge on any atom is 0.0546 e. The van der Waals surface area contributed by atoms with E-state index in [1.165, 1.54) is 86.3 Å². The molecule has 11 rings (SSSR count). The number of fused-ring (bicyclic) bond motifs is 9. The van der Waals surface area contributed by atoms with Crippen molar-refractivity contribution >= 4 is 70.1 Å². The van der Waals surface area contributed by atoms with Gasteiger partial charge in [0.25, 0.3) is 0 Å². The highest BCUT2D eigenvalue weighted by molar-refractivity contribution is 7.25. The zero-order valence-corrected chi connectivity index (χ0v) is 30.6. The van der Waals surface area contributed by atoms with Gasteiger partial charge in [-0.05, 0) is 104 Å². The molecule has 9 aromatic carbocycles. The molecule has 0 amide bonds. The van der Waals surface area contributed by atoms with Gasteiger partial charge in [-0.2, -0.15) is 0 Å². The van der Waals surface area contributed by atoms with E-state index in [0.717, 1.165) is 11.4 Å². The number of thiophene rings is 1. The third-order valence-corrected chi connectivity index (χ3v) is 12.9. The van der Waals surface area contributed by atoms with Crippen LogP contribution in [0.4, 0.5) is 17.1 Å². The van der Waals surface area contributed by atoms with Crippen LogP contribution in [0, 0.1) is 0 Å². The van der Waals surface area contributed by atoms with Gasteiger partial charge >= 0.3 is 0 Å². The molecule has 10 aromatic rings. The first-order chi connectivity index (χ1) is 26.7. The van der Waals surface area contributed by atoms with E-state index in [9.17, 15) is 0 Å². The minimum Gasteiger partial charge on any atom is -0.310 e. The summed E-state index contributed by atoms with van der Waals surface area (Å²) in [6.07, 6.45) is 0. The monoisotopic (exact) mass is 705 g/mol. The number of anilines is 3. The molecule has 1 aliphatic rings. The summed E-state index contributed by atoms with van der Waals surface area (Å²) in [4.78, 5) is 2.47. The molecule has 1 aromatic heterocycles. The topological polar surface area (TPSA) is 3.24 Å². The van der Waals surface area contributed by atoms with Crippen molar-refractivity contribution in [3.63, 3.8) is 0 Å². The fourth-order valence-electron chi connectivity index (χ4n) is 9.19. The predicted molar refractivity (Wildman–Crippen MR) is 232 cm³/mol. The molecule has 0 radical (unpaired) electrons. The molecule has 0 saturated carbocycles. The van der Waals surface area contributed by atoms with Crippen molar-refractivity contribution < 1.29 is 0 Å². The summed E-state index contributed by atoms with van der Waals surface area (Å²) < 4.78 is 2.62. The van der Waals surface area contributed by atoms with Gasteiger partial charge in [-0.15, -0.1) is 11.3 Å². The molecule has 254 valence electrons. The standard InChI is InChI=1S/C52H35NS/c1-52(45-22-11-9-19-41(45)42-20-10-12-23-46(42)52)47-24-13-25-50-51(47)44-33-38(30-31-49(44)54-50)53(37-28-26-35(27-29-37)34-14-3-2-4-15-34)48-32-36-16-5-6-17-39(36)40-18-7-8-21-43(40)48/h2-33H,1H3. The van der Waals surface area contributed by atoms with Crippen LogP contribution in [0.25, 0.3) is 64.0 Å². The summed E-state index contributed by atoms with van der Waals surface area (Å²) in [5.74, 6) is 0. The first kappa shape index (κ1) is 31.1. The van der Waals surface area contributed by atoms with Crippen LogP contribution in [0.3, 0.4) is 0 Å². The third-order valence-electron chi connectivity index (χ3n) is 11.7. The van der Waals surface area contributed by atoms with Gasteiger partial charge in [0.05, 0.1) is 5.69 Å². The van der Waals surface area contributed by atoms with Crippen molar-refractivity contribution in [2.45, 2.75) is 12.3 Å². The lowest BCUT2D eigenvalue weighted by molar-refractivity contribution is 0.722. The quantitative estimate of drug-likeness (QED) is 0.161. The smallest absolute Gasteiger partial charge is 0.0546 e. The van der Waals surface area contributed by atoms with Crippen LogP contribution >= 0.6 is 11.3 Å². The van der Waals surface area contributed by atoms with Crippen LogP contribution in [-0.2, 0) is 5.41 Å². The average Bonchev–Trinajstić information content (AvgIpc) is 3.74. The largest absolute Gasteiger partial charge is 0.310 e. The van der Waals surface area contributed by atoms with Gasteiger partial charge in [0.15, 0.2) is 0 Å². The van der Waals surface area contributed by atoms with Crippen molar-refractivity contribution in [3.8, 4) is 22.3 Å². The molecule has 1 nitrogen and oxygen atoms in total. The SMILES string of the molecule is CC1(c2cccc3sc4ccc(N(c5ccc(-c6ccccc6)cc5)c5cc6ccccc6c6ccccc56)cc4c23)c2ccccc2-c2ccccc21. The first-order valence-electron chi connectivity index (χ1n) is 18.7. The van der Waals surface area contributed by atoms with Crippen LogP contribution in [0.15, 0.2) is 194 Å². The Bertz CT molecular complexity index is 3020. The average molecular weight is 706 g/mol. The number of nitrogens with zero attached hydrogens (tertiary/aromatic N) is 1. The fraction of sp³-hybridized carbons (Fsp3) is 0.0385. The van der Waals surface area contributed by atoms with Gasteiger partial charge in [0, 0.05) is 42.3 Å². The number of rotatable bonds is 5. The van der Waals surface area contributed by atoms with Crippen LogP contribution in [0.1, 0.15) is 23.6 Å². The van der Waals surface area contributed by atoms with Gasteiger partial charge < -0.3 is 4.90 Å². The lowest BCUT2D eigenvalue weighted by Crippen LogP contribution is -2.22. The van der Waals surface area contributed by atoms with Gasteiger partial charge in [-0.1, -0.05) is 152 Å². The normalized spacial score (nSPS) is 13.1. The summed E-state index contributed by atoms with van der Waals surface area (Å²) in [5, 5.41) is 7.62. The Morgan fingerprint density at radius 3 is 1.76 bits per heavy atom. The van der Waals surface area contributed by atoms with Gasteiger partial charge in [-0.25, -0.2) is 0 Å². The van der Waals surface area contributed by atoms with Crippen LogP contribution in [0.2, 0.25) is 0 Å². The molecule has 54 heavy (non-hydrogen) atoms. The van der Waals surface area contributed by atoms with Crippen LogP contribution in [-0.4, -0.2) is 0 Å². The van der Waals surface area contributed by atoms with E-state index in [2.05, 4.69) is 206 Å². The number of hydrogen-bond donors (Lipinski definition) is 0. The summed E-state index contributed by atoms with van der Waals surface area (Å²) in [6, 6.07) is 71.7. The molecule has 0 aliphatic heterocycles. The van der Waals surface area contributed by atoms with Crippen molar-refractivity contribution in [1.82, 2.24) is 0 Å². The predicted octanol–water partition coefficient (Wildman–Crippen LogP) is 14.8. The lowest BCUT2D eigenvalue weighted by Gasteiger charge is -2.30. The minimum absolute atomic E-state index is 0.293. The maximum atomic E-state index is 2.47. The van der Waals surface area contributed by atoms with Gasteiger partial charge in [0.1, 0.15) is 0 Å². The van der Waals surface area contributed by atoms with Crippen molar-refractivity contribution in [1.29, 1.82) is 0 Å². The molecular weight excluding hydrogens is 671 g/mol. The highest BCUT2D eigenvalue weighted by Gasteiger charge is 2.41. The molecule has 0 saturated heterocycles. The van der Waals surface area contributed by atoms with Crippen molar-refractivity contribution in [2.24, 2.45) is 0 Å². The van der Waals surface area contributed by atoms with Crippen LogP contribution in [0.5, 0.6) is 0 Å². The molecule has 0 spiro atoms. The summed E-state index contributed by atoms with van der Waals surface area (Å²) >= 11 is 1.89. The summed E-state index contributed by atoms with van der Waals surface area (Å²) in [5.41, 5.74) is 12.3. The van der Waals surface area contributed by atoms with Gasteiger partial charge in [0.2, 0.25) is 0 Å². The second-order valence-electron chi connectivity index (χ2n) is 14.6. The Labute approximate surface area is 319 Å². The molecule has 1 aliphatic carbocycles. The Morgan fingerprint density at radius 2 is 1.00 bits per heavy atom. The minimum atomic E-state index is -0.293. The Hall–Kier alpha value is -6.48. The van der Waals surface area contributed by atoms with E-state index < -0.39 is 0 Å². The number of benzene rings is 9. The van der Waals surface area contributed by atoms with Crippen molar-refractivity contribution in [3.05, 3.63) is 211 Å². The Morgan fingerprint density at radius 1 is 0.407 bits per heavy atom. The number of hydrogen-bond acceptors (Lipinski definition) is 2. The zero-order chi connectivity index (χ0) is 35.8. The van der Waals surface area contributed by atoms with E-state index in [1.807, 2.05) is 11.3 Å². The van der Waals surface area contributed by atoms with E-state index in [-0.39, 0.29) is 5.41 Å². The Balaban J connectivity index is 1.17. The molecule has 0 unspecified atom stereocenters. The second kappa shape index (κ2) is 12.0. The molecular formula is C52H35NS. The molecule has 0 N–H and O–H groups in total. The highest BCUT2D eigenvalue weighted by Crippen LogP contribution is 2.55. The zero-order valence-electron chi connectivity index (χ0n) is 29.8. The molecule has 2 heteroatoms. The summed E-state index contributed by atoms with van der Waals surface area (Å²) in [7, 11) is 0. The highest BCUT2D eigenvalue weighted by atomic mass is 32.1. The Kier molecular flexibility index (Phi) is 6.92. The van der Waals surface area contributed by atoms with E-state index in [0.29, 0.717) is 0 Å². The fourth-order valence-corrected chi connectivity index (χ4v) is 10.3. The van der Waals surface area contributed by atoms with Gasteiger partial charge in [-0.3, -0.25) is 0 Å². The first-order valence-corrected chi connectivity index (χ1v) is 19.5. The maximum absolute atomic E-state index is 2.47. The van der Waals surface area contributed by atoms with E-state index in [4.69, 9.17) is 0 Å². The molecule has 1 heterocycles. The summed E-state index contributed by atoms with van der Waals surface area (Å²) in [6.45, 7) is 2.43. The van der Waals surface area contributed by atoms with Crippen LogP contribution < -0.4 is 4.90 Å². The van der Waals surface area contributed by atoms with E-state index in [1.54, 1.807) is 0 Å². The second-order valence-corrected chi connectivity index (χ2v) is 15.7. The van der Waals surface area contributed by atoms with Crippen molar-refractivity contribution in [2.75, 3.05) is 4.90 Å². The molecule has 0 atom stereocenters. The molecule has 0 bridgehead atoms. The molecule has 0 fully saturated rings. The van der Waals surface area contributed by atoms with E-state index >= 15 is 0 Å².